The summed E-state index contributed by atoms with van der Waals surface area (Å²) in [5, 5.41) is 5.97. The van der Waals surface area contributed by atoms with Gasteiger partial charge in [-0.15, -0.1) is 0 Å². The molecule has 17 heavy (non-hydrogen) atoms. The van der Waals surface area contributed by atoms with E-state index in [0.717, 1.165) is 18.4 Å². The zero-order chi connectivity index (χ0) is 13.1. The Kier molecular flexibility index (Phi) is 9.77. The molecule has 0 heterocycles. The molecule has 0 rings (SSSR count). The van der Waals surface area contributed by atoms with Crippen LogP contribution in [0.25, 0.3) is 0 Å². The number of hydrogen-bond donors (Lipinski definition) is 2. The van der Waals surface area contributed by atoms with Crippen molar-refractivity contribution in [3.63, 3.8) is 0 Å². The topological polar surface area (TPSA) is 50.4 Å². The van der Waals surface area contributed by atoms with Gasteiger partial charge in [0.15, 0.2) is 0 Å². The third-order valence-corrected chi connectivity index (χ3v) is 2.19. The monoisotopic (exact) mass is 242 g/mol. The molecular formula is C13H26N2O2. The second kappa shape index (κ2) is 10.3. The van der Waals surface area contributed by atoms with Crippen LogP contribution >= 0.6 is 0 Å². The Morgan fingerprint density at radius 1 is 1.47 bits per heavy atom. The highest BCUT2D eigenvalue weighted by molar-refractivity contribution is 5.78. The number of hydrogen-bond acceptors (Lipinski definition) is 3. The number of nitrogens with one attached hydrogen (secondary N) is 2. The van der Waals surface area contributed by atoms with Crippen LogP contribution < -0.4 is 10.6 Å². The lowest BCUT2D eigenvalue weighted by Crippen LogP contribution is -2.39. The van der Waals surface area contributed by atoms with Crippen LogP contribution in [0.5, 0.6) is 0 Å². The summed E-state index contributed by atoms with van der Waals surface area (Å²) >= 11 is 0. The molecule has 0 aliphatic carbocycles. The van der Waals surface area contributed by atoms with Gasteiger partial charge in [0, 0.05) is 12.6 Å². The second-order valence-corrected chi connectivity index (χ2v) is 4.44. The van der Waals surface area contributed by atoms with Crippen molar-refractivity contribution in [2.24, 2.45) is 0 Å². The van der Waals surface area contributed by atoms with E-state index in [2.05, 4.69) is 24.1 Å². The van der Waals surface area contributed by atoms with Gasteiger partial charge in [0.2, 0.25) is 5.91 Å². The molecule has 1 atom stereocenters. The molecule has 0 saturated heterocycles. The first-order chi connectivity index (χ1) is 8.06. The highest BCUT2D eigenvalue weighted by Crippen LogP contribution is 1.93. The van der Waals surface area contributed by atoms with Gasteiger partial charge in [-0.05, 0) is 20.3 Å². The van der Waals surface area contributed by atoms with Crippen molar-refractivity contribution in [3.05, 3.63) is 12.2 Å². The Balaban J connectivity index is 3.36. The van der Waals surface area contributed by atoms with E-state index in [4.69, 9.17) is 4.74 Å². The van der Waals surface area contributed by atoms with Gasteiger partial charge in [-0.3, -0.25) is 4.79 Å². The Bertz CT molecular complexity index is 229. The fourth-order valence-corrected chi connectivity index (χ4v) is 1.42. The minimum atomic E-state index is 0.0471. The Morgan fingerprint density at radius 2 is 2.18 bits per heavy atom. The molecule has 0 fully saturated rings. The minimum Gasteiger partial charge on any atom is -0.376 e. The number of amides is 1. The summed E-state index contributed by atoms with van der Waals surface area (Å²) in [7, 11) is 0. The molecule has 100 valence electrons. The Labute approximate surface area is 105 Å². The van der Waals surface area contributed by atoms with Crippen LogP contribution in [-0.2, 0) is 9.53 Å². The zero-order valence-electron chi connectivity index (χ0n) is 11.3. The predicted molar refractivity (Wildman–Crippen MR) is 71.0 cm³/mol. The van der Waals surface area contributed by atoms with Gasteiger partial charge in [0.1, 0.15) is 0 Å². The van der Waals surface area contributed by atoms with E-state index >= 15 is 0 Å². The number of carbonyl (C=O) groups excluding carboxylic acids is 1. The van der Waals surface area contributed by atoms with Crippen LogP contribution in [0, 0.1) is 0 Å². The quantitative estimate of drug-likeness (QED) is 0.450. The molecule has 0 aliphatic heterocycles. The molecule has 4 heteroatoms. The minimum absolute atomic E-state index is 0.0471. The van der Waals surface area contributed by atoms with E-state index in [0.29, 0.717) is 26.3 Å². The van der Waals surface area contributed by atoms with Gasteiger partial charge in [-0.25, -0.2) is 0 Å². The molecular weight excluding hydrogens is 216 g/mol. The molecule has 0 aromatic rings. The average molecular weight is 242 g/mol. The van der Waals surface area contributed by atoms with Gasteiger partial charge in [-0.1, -0.05) is 25.5 Å². The van der Waals surface area contributed by atoms with E-state index in [1.54, 1.807) is 0 Å². The van der Waals surface area contributed by atoms with Crippen molar-refractivity contribution in [2.75, 3.05) is 26.3 Å². The fourth-order valence-electron chi connectivity index (χ4n) is 1.42. The molecule has 0 aliphatic rings. The van der Waals surface area contributed by atoms with E-state index in [1.807, 2.05) is 13.8 Å². The SMILES string of the molecule is C=C(C)COCCNCC(=O)NC(C)CCC. The lowest BCUT2D eigenvalue weighted by molar-refractivity contribution is -0.120. The normalized spacial score (nSPS) is 12.2. The summed E-state index contributed by atoms with van der Waals surface area (Å²) < 4.78 is 5.30. The zero-order valence-corrected chi connectivity index (χ0v) is 11.3. The van der Waals surface area contributed by atoms with Crippen molar-refractivity contribution >= 4 is 5.91 Å². The number of ether oxygens (including phenoxy) is 1. The maximum Gasteiger partial charge on any atom is 0.234 e. The molecule has 1 unspecified atom stereocenters. The number of rotatable bonds is 10. The smallest absolute Gasteiger partial charge is 0.234 e. The Morgan fingerprint density at radius 3 is 2.76 bits per heavy atom. The number of carbonyl (C=O) groups is 1. The van der Waals surface area contributed by atoms with Crippen molar-refractivity contribution < 1.29 is 9.53 Å². The molecule has 0 spiro atoms. The summed E-state index contributed by atoms with van der Waals surface area (Å²) in [5.74, 6) is 0.0471. The maximum absolute atomic E-state index is 11.4. The Hall–Kier alpha value is -0.870. The van der Waals surface area contributed by atoms with Gasteiger partial charge in [0.05, 0.1) is 19.8 Å². The fraction of sp³-hybridized carbons (Fsp3) is 0.769. The molecule has 2 N–H and O–H groups in total. The highest BCUT2D eigenvalue weighted by atomic mass is 16.5. The van der Waals surface area contributed by atoms with Crippen LogP contribution in [0.3, 0.4) is 0 Å². The lowest BCUT2D eigenvalue weighted by atomic mass is 10.2. The second-order valence-electron chi connectivity index (χ2n) is 4.44. The van der Waals surface area contributed by atoms with Crippen LogP contribution in [-0.4, -0.2) is 38.3 Å². The van der Waals surface area contributed by atoms with Crippen molar-refractivity contribution in [1.82, 2.24) is 10.6 Å². The summed E-state index contributed by atoms with van der Waals surface area (Å²) in [5.41, 5.74) is 1.01. The summed E-state index contributed by atoms with van der Waals surface area (Å²) in [6, 6.07) is 0.258. The molecule has 0 radical (unpaired) electrons. The van der Waals surface area contributed by atoms with E-state index in [1.165, 1.54) is 0 Å². The van der Waals surface area contributed by atoms with Crippen LogP contribution in [0.2, 0.25) is 0 Å². The van der Waals surface area contributed by atoms with E-state index < -0.39 is 0 Å². The third-order valence-electron chi connectivity index (χ3n) is 2.19. The molecule has 4 nitrogen and oxygen atoms in total. The first-order valence-corrected chi connectivity index (χ1v) is 6.28. The highest BCUT2D eigenvalue weighted by Gasteiger charge is 2.05. The van der Waals surface area contributed by atoms with Crippen molar-refractivity contribution in [3.8, 4) is 0 Å². The molecule has 0 saturated carbocycles. The molecule has 0 aromatic heterocycles. The first kappa shape index (κ1) is 16.1. The van der Waals surface area contributed by atoms with E-state index in [-0.39, 0.29) is 11.9 Å². The summed E-state index contributed by atoms with van der Waals surface area (Å²) in [6.07, 6.45) is 2.11. The van der Waals surface area contributed by atoms with Crippen LogP contribution in [0.1, 0.15) is 33.6 Å². The molecule has 0 aromatic carbocycles. The maximum atomic E-state index is 11.4. The molecule has 0 bridgehead atoms. The van der Waals surface area contributed by atoms with Gasteiger partial charge >= 0.3 is 0 Å². The average Bonchev–Trinajstić information content (AvgIpc) is 2.23. The molecule has 1 amide bonds. The van der Waals surface area contributed by atoms with Gasteiger partial charge in [0.25, 0.3) is 0 Å². The van der Waals surface area contributed by atoms with Crippen LogP contribution in [0.15, 0.2) is 12.2 Å². The van der Waals surface area contributed by atoms with Crippen molar-refractivity contribution in [2.45, 2.75) is 39.7 Å². The summed E-state index contributed by atoms with van der Waals surface area (Å²) in [6.45, 7) is 12.0. The predicted octanol–water partition coefficient (Wildman–Crippen LogP) is 1.47. The standard InChI is InChI=1S/C13H26N2O2/c1-5-6-12(4)15-13(16)9-14-7-8-17-10-11(2)3/h12,14H,2,5-10H2,1,3-4H3,(H,15,16). The first-order valence-electron chi connectivity index (χ1n) is 6.28. The van der Waals surface area contributed by atoms with Crippen molar-refractivity contribution in [1.29, 1.82) is 0 Å². The van der Waals surface area contributed by atoms with Gasteiger partial charge in [-0.2, -0.15) is 0 Å². The van der Waals surface area contributed by atoms with E-state index in [9.17, 15) is 4.79 Å². The summed E-state index contributed by atoms with van der Waals surface area (Å²) in [4.78, 5) is 11.4. The van der Waals surface area contributed by atoms with Crippen LogP contribution in [0.4, 0.5) is 0 Å². The van der Waals surface area contributed by atoms with Gasteiger partial charge < -0.3 is 15.4 Å². The third kappa shape index (κ3) is 11.4. The lowest BCUT2D eigenvalue weighted by Gasteiger charge is -2.13. The largest absolute Gasteiger partial charge is 0.376 e.